The fourth-order valence-electron chi connectivity index (χ4n) is 3.35. The van der Waals surface area contributed by atoms with Crippen molar-refractivity contribution in [2.75, 3.05) is 4.90 Å². The Balaban J connectivity index is 2.01. The molecule has 2 heteroatoms. The van der Waals surface area contributed by atoms with Crippen molar-refractivity contribution in [3.05, 3.63) is 79.0 Å². The Morgan fingerprint density at radius 2 is 1.33 bits per heavy atom. The molecule has 0 amide bonds. The van der Waals surface area contributed by atoms with Crippen molar-refractivity contribution in [1.29, 1.82) is 0 Å². The monoisotopic (exact) mass is 312 g/mol. The SMILES string of the molecule is CC(C)N(c1cccc2ccccc12)c1nccc2ccccc12. The fourth-order valence-corrected chi connectivity index (χ4v) is 3.35. The minimum Gasteiger partial charge on any atom is -0.323 e. The van der Waals surface area contributed by atoms with E-state index in [1.165, 1.54) is 27.2 Å². The summed E-state index contributed by atoms with van der Waals surface area (Å²) in [6, 6.07) is 25.8. The average Bonchev–Trinajstić information content (AvgIpc) is 2.62. The second-order valence-electron chi connectivity index (χ2n) is 6.32. The minimum absolute atomic E-state index is 0.300. The molecular weight excluding hydrogens is 292 g/mol. The lowest BCUT2D eigenvalue weighted by Gasteiger charge is -2.30. The lowest BCUT2D eigenvalue weighted by Crippen LogP contribution is -2.26. The summed E-state index contributed by atoms with van der Waals surface area (Å²) in [5, 5.41) is 4.90. The Kier molecular flexibility index (Phi) is 3.66. The second-order valence-corrected chi connectivity index (χ2v) is 6.32. The molecule has 4 rings (SSSR count). The highest BCUT2D eigenvalue weighted by molar-refractivity contribution is 6.00. The van der Waals surface area contributed by atoms with E-state index in [1.807, 2.05) is 6.20 Å². The van der Waals surface area contributed by atoms with E-state index in [1.54, 1.807) is 0 Å². The summed E-state index contributed by atoms with van der Waals surface area (Å²) in [5.41, 5.74) is 1.20. The normalized spacial score (nSPS) is 11.3. The third-order valence-corrected chi connectivity index (χ3v) is 4.42. The average molecular weight is 312 g/mol. The van der Waals surface area contributed by atoms with Crippen LogP contribution in [-0.2, 0) is 0 Å². The van der Waals surface area contributed by atoms with Gasteiger partial charge >= 0.3 is 0 Å². The maximum Gasteiger partial charge on any atom is 0.141 e. The Bertz CT molecular complexity index is 915. The molecule has 0 spiro atoms. The van der Waals surface area contributed by atoms with Crippen LogP contribution in [0.2, 0.25) is 0 Å². The van der Waals surface area contributed by atoms with E-state index in [2.05, 4.69) is 91.5 Å². The number of anilines is 2. The smallest absolute Gasteiger partial charge is 0.141 e. The molecule has 0 saturated carbocycles. The van der Waals surface area contributed by atoms with E-state index in [0.29, 0.717) is 6.04 Å². The minimum atomic E-state index is 0.300. The molecule has 0 aliphatic heterocycles. The molecule has 3 aromatic carbocycles. The van der Waals surface area contributed by atoms with E-state index in [9.17, 15) is 0 Å². The summed E-state index contributed by atoms with van der Waals surface area (Å²) in [5.74, 6) is 1.01. The molecule has 0 bridgehead atoms. The van der Waals surface area contributed by atoms with Gasteiger partial charge in [-0.25, -0.2) is 4.98 Å². The molecule has 0 radical (unpaired) electrons. The third kappa shape index (κ3) is 2.41. The molecule has 1 aromatic heterocycles. The van der Waals surface area contributed by atoms with Crippen LogP contribution in [0.25, 0.3) is 21.5 Å². The van der Waals surface area contributed by atoms with Gasteiger partial charge in [0.15, 0.2) is 0 Å². The van der Waals surface area contributed by atoms with E-state index >= 15 is 0 Å². The van der Waals surface area contributed by atoms with Gasteiger partial charge in [-0.2, -0.15) is 0 Å². The van der Waals surface area contributed by atoms with Gasteiger partial charge in [-0.05, 0) is 36.8 Å². The van der Waals surface area contributed by atoms with Crippen LogP contribution < -0.4 is 4.90 Å². The topological polar surface area (TPSA) is 16.1 Å². The van der Waals surface area contributed by atoms with Gasteiger partial charge in [-0.3, -0.25) is 0 Å². The van der Waals surface area contributed by atoms with Crippen molar-refractivity contribution in [2.45, 2.75) is 19.9 Å². The van der Waals surface area contributed by atoms with E-state index in [-0.39, 0.29) is 0 Å². The summed E-state index contributed by atoms with van der Waals surface area (Å²) in [7, 11) is 0. The standard InChI is InChI=1S/C22H20N2/c1-16(2)24(21-13-7-10-17-8-3-5-11-19(17)21)22-20-12-6-4-9-18(20)14-15-23-22/h3-16H,1-2H3. The van der Waals surface area contributed by atoms with Gasteiger partial charge in [0.2, 0.25) is 0 Å². The summed E-state index contributed by atoms with van der Waals surface area (Å²) < 4.78 is 0. The number of rotatable bonds is 3. The number of fused-ring (bicyclic) bond motifs is 2. The van der Waals surface area contributed by atoms with Crippen molar-refractivity contribution < 1.29 is 0 Å². The van der Waals surface area contributed by atoms with Gasteiger partial charge in [0.05, 0.1) is 5.69 Å². The summed E-state index contributed by atoms with van der Waals surface area (Å²) in [6.07, 6.45) is 1.90. The third-order valence-electron chi connectivity index (χ3n) is 4.42. The van der Waals surface area contributed by atoms with Gasteiger partial charge in [0.25, 0.3) is 0 Å². The quantitative estimate of drug-likeness (QED) is 0.466. The highest BCUT2D eigenvalue weighted by Crippen LogP contribution is 2.36. The van der Waals surface area contributed by atoms with Crippen LogP contribution in [0, 0.1) is 0 Å². The molecule has 1 heterocycles. The van der Waals surface area contributed by atoms with Crippen molar-refractivity contribution in [3.63, 3.8) is 0 Å². The van der Waals surface area contributed by atoms with Gasteiger partial charge in [0.1, 0.15) is 5.82 Å². The van der Waals surface area contributed by atoms with Gasteiger partial charge in [-0.1, -0.05) is 60.7 Å². The van der Waals surface area contributed by atoms with Crippen LogP contribution in [0.3, 0.4) is 0 Å². The number of nitrogens with zero attached hydrogens (tertiary/aromatic N) is 2. The van der Waals surface area contributed by atoms with Crippen molar-refractivity contribution in [1.82, 2.24) is 4.98 Å². The molecule has 4 aromatic rings. The first-order valence-electron chi connectivity index (χ1n) is 8.36. The van der Waals surface area contributed by atoms with Crippen molar-refractivity contribution >= 4 is 33.1 Å². The van der Waals surface area contributed by atoms with Gasteiger partial charge < -0.3 is 4.90 Å². The number of hydrogen-bond donors (Lipinski definition) is 0. The van der Waals surface area contributed by atoms with Crippen LogP contribution >= 0.6 is 0 Å². The predicted molar refractivity (Wildman–Crippen MR) is 103 cm³/mol. The molecule has 24 heavy (non-hydrogen) atoms. The number of benzene rings is 3. The Hall–Kier alpha value is -2.87. The predicted octanol–water partition coefficient (Wildman–Crippen LogP) is 5.93. The van der Waals surface area contributed by atoms with E-state index in [4.69, 9.17) is 4.98 Å². The summed E-state index contributed by atoms with van der Waals surface area (Å²) >= 11 is 0. The molecule has 0 fully saturated rings. The van der Waals surface area contributed by atoms with Crippen LogP contribution in [-0.4, -0.2) is 11.0 Å². The molecule has 0 aliphatic carbocycles. The van der Waals surface area contributed by atoms with E-state index in [0.717, 1.165) is 5.82 Å². The van der Waals surface area contributed by atoms with Crippen molar-refractivity contribution in [2.24, 2.45) is 0 Å². The van der Waals surface area contributed by atoms with Crippen LogP contribution in [0.4, 0.5) is 11.5 Å². The number of hydrogen-bond acceptors (Lipinski definition) is 2. The van der Waals surface area contributed by atoms with Gasteiger partial charge in [0, 0.05) is 23.0 Å². The Morgan fingerprint density at radius 3 is 2.08 bits per heavy atom. The molecule has 0 unspecified atom stereocenters. The Morgan fingerprint density at radius 1 is 0.708 bits per heavy atom. The molecular formula is C22H20N2. The zero-order valence-corrected chi connectivity index (χ0v) is 14.0. The maximum atomic E-state index is 4.74. The zero-order valence-electron chi connectivity index (χ0n) is 14.0. The number of aromatic nitrogens is 1. The molecule has 0 aliphatic rings. The highest BCUT2D eigenvalue weighted by Gasteiger charge is 2.18. The zero-order chi connectivity index (χ0) is 16.5. The van der Waals surface area contributed by atoms with Gasteiger partial charge in [-0.15, -0.1) is 0 Å². The summed E-state index contributed by atoms with van der Waals surface area (Å²) in [4.78, 5) is 7.08. The molecule has 0 saturated heterocycles. The van der Waals surface area contributed by atoms with Crippen LogP contribution in [0.5, 0.6) is 0 Å². The molecule has 2 nitrogen and oxygen atoms in total. The fraction of sp³-hybridized carbons (Fsp3) is 0.136. The first-order chi connectivity index (χ1) is 11.8. The first kappa shape index (κ1) is 14.7. The molecule has 0 N–H and O–H groups in total. The second kappa shape index (κ2) is 5.97. The maximum absolute atomic E-state index is 4.74. The largest absolute Gasteiger partial charge is 0.323 e. The molecule has 118 valence electrons. The summed E-state index contributed by atoms with van der Waals surface area (Å²) in [6.45, 7) is 4.43. The number of pyridine rings is 1. The lowest BCUT2D eigenvalue weighted by molar-refractivity contribution is 0.783. The Labute approximate surface area is 142 Å². The lowest BCUT2D eigenvalue weighted by atomic mass is 10.1. The van der Waals surface area contributed by atoms with Crippen LogP contribution in [0.1, 0.15) is 13.8 Å². The van der Waals surface area contributed by atoms with E-state index < -0.39 is 0 Å². The van der Waals surface area contributed by atoms with Crippen molar-refractivity contribution in [3.8, 4) is 0 Å². The first-order valence-corrected chi connectivity index (χ1v) is 8.36. The highest BCUT2D eigenvalue weighted by atomic mass is 15.2. The van der Waals surface area contributed by atoms with Crippen LogP contribution in [0.15, 0.2) is 79.0 Å². The molecule has 0 atom stereocenters.